The maximum atomic E-state index is 13.3. The van der Waals surface area contributed by atoms with Crippen molar-refractivity contribution in [3.05, 3.63) is 35.4 Å². The van der Waals surface area contributed by atoms with Crippen LogP contribution in [0.15, 0.2) is 24.3 Å². The van der Waals surface area contributed by atoms with Crippen LogP contribution in [0.2, 0.25) is 0 Å². The van der Waals surface area contributed by atoms with E-state index in [9.17, 15) is 13.2 Å². The zero-order valence-corrected chi connectivity index (χ0v) is 15.9. The van der Waals surface area contributed by atoms with E-state index in [0.717, 1.165) is 36.2 Å². The molecule has 146 valence electrons. The predicted octanol–water partition coefficient (Wildman–Crippen LogP) is 5.20. The second-order valence-electron chi connectivity index (χ2n) is 7.13. The molecule has 1 aromatic carbocycles. The van der Waals surface area contributed by atoms with Crippen LogP contribution < -0.4 is 15.4 Å². The van der Waals surface area contributed by atoms with Gasteiger partial charge in [0.25, 0.3) is 0 Å². The molecular formula is C20H24F3N3O. The van der Waals surface area contributed by atoms with Crippen LogP contribution in [0.3, 0.4) is 0 Å². The molecule has 0 bridgehead atoms. The summed E-state index contributed by atoms with van der Waals surface area (Å²) in [7, 11) is 3.12. The number of benzene rings is 1. The third-order valence-electron chi connectivity index (χ3n) is 4.97. The summed E-state index contributed by atoms with van der Waals surface area (Å²) in [4.78, 5) is 4.49. The summed E-state index contributed by atoms with van der Waals surface area (Å²) in [6.45, 7) is 4.30. The molecule has 1 unspecified atom stereocenters. The van der Waals surface area contributed by atoms with Gasteiger partial charge in [-0.1, -0.05) is 13.8 Å². The molecule has 0 saturated carbocycles. The van der Waals surface area contributed by atoms with Crippen molar-refractivity contribution in [2.24, 2.45) is 5.92 Å². The van der Waals surface area contributed by atoms with E-state index in [1.807, 2.05) is 6.07 Å². The largest absolute Gasteiger partial charge is 0.480 e. The Labute approximate surface area is 157 Å². The van der Waals surface area contributed by atoms with E-state index in [2.05, 4.69) is 29.5 Å². The smallest absolute Gasteiger partial charge is 0.416 e. The average molecular weight is 379 g/mol. The molecule has 1 atom stereocenters. The molecule has 0 fully saturated rings. The van der Waals surface area contributed by atoms with E-state index in [1.165, 1.54) is 7.11 Å². The lowest BCUT2D eigenvalue weighted by atomic mass is 9.91. The van der Waals surface area contributed by atoms with Gasteiger partial charge in [0.15, 0.2) is 0 Å². The first kappa shape index (κ1) is 19.3. The first-order valence-electron chi connectivity index (χ1n) is 8.97. The lowest BCUT2D eigenvalue weighted by molar-refractivity contribution is -0.137. The molecule has 27 heavy (non-hydrogen) atoms. The van der Waals surface area contributed by atoms with Crippen molar-refractivity contribution in [2.45, 2.75) is 38.9 Å². The number of fused-ring (bicyclic) bond motifs is 1. The molecular weight excluding hydrogens is 355 g/mol. The van der Waals surface area contributed by atoms with Gasteiger partial charge in [0.2, 0.25) is 5.88 Å². The minimum atomic E-state index is -4.42. The zero-order chi connectivity index (χ0) is 19.8. The van der Waals surface area contributed by atoms with E-state index >= 15 is 0 Å². The van der Waals surface area contributed by atoms with Crippen molar-refractivity contribution in [1.29, 1.82) is 0 Å². The van der Waals surface area contributed by atoms with Crippen molar-refractivity contribution in [1.82, 2.24) is 4.98 Å². The molecule has 2 N–H and O–H groups in total. The number of alkyl halides is 3. The topological polar surface area (TPSA) is 46.2 Å². The van der Waals surface area contributed by atoms with Crippen LogP contribution in [-0.2, 0) is 12.6 Å². The SMILES string of the molecule is CNc1cc(-c2cc3c(c(OC)n2)NC(C(C)C)CC3)cc(C(F)(F)F)c1. The third kappa shape index (κ3) is 3.96. The zero-order valence-electron chi connectivity index (χ0n) is 15.9. The fourth-order valence-electron chi connectivity index (χ4n) is 3.37. The van der Waals surface area contributed by atoms with Crippen LogP contribution in [0.5, 0.6) is 5.88 Å². The molecule has 0 saturated heterocycles. The fourth-order valence-corrected chi connectivity index (χ4v) is 3.37. The molecule has 3 rings (SSSR count). The molecule has 7 heteroatoms. The highest BCUT2D eigenvalue weighted by Crippen LogP contribution is 2.39. The van der Waals surface area contributed by atoms with Gasteiger partial charge in [0.05, 0.1) is 18.4 Å². The Bertz CT molecular complexity index is 817. The molecule has 1 aliphatic rings. The highest BCUT2D eigenvalue weighted by atomic mass is 19.4. The Morgan fingerprint density at radius 3 is 2.56 bits per heavy atom. The van der Waals surface area contributed by atoms with Crippen LogP contribution in [0.1, 0.15) is 31.4 Å². The summed E-state index contributed by atoms with van der Waals surface area (Å²) in [5.74, 6) is 0.875. The van der Waals surface area contributed by atoms with Crippen LogP contribution in [0.25, 0.3) is 11.3 Å². The van der Waals surface area contributed by atoms with Gasteiger partial charge in [0, 0.05) is 24.3 Å². The monoisotopic (exact) mass is 379 g/mol. The molecule has 0 spiro atoms. The van der Waals surface area contributed by atoms with Crippen molar-refractivity contribution in [3.63, 3.8) is 0 Å². The summed E-state index contributed by atoms with van der Waals surface area (Å²) in [6, 6.07) is 6.06. The molecule has 0 radical (unpaired) electrons. The van der Waals surface area contributed by atoms with Crippen molar-refractivity contribution in [3.8, 4) is 17.1 Å². The minimum Gasteiger partial charge on any atom is -0.480 e. The Kier molecular flexibility index (Phi) is 5.22. The molecule has 0 aliphatic carbocycles. The second kappa shape index (κ2) is 7.29. The Morgan fingerprint density at radius 2 is 1.96 bits per heavy atom. The second-order valence-corrected chi connectivity index (χ2v) is 7.13. The number of nitrogens with zero attached hydrogens (tertiary/aromatic N) is 1. The number of halogens is 3. The number of methoxy groups -OCH3 is 1. The lowest BCUT2D eigenvalue weighted by Crippen LogP contribution is -2.30. The number of anilines is 2. The summed E-state index contributed by atoms with van der Waals surface area (Å²) >= 11 is 0. The van der Waals surface area contributed by atoms with E-state index in [-0.39, 0.29) is 0 Å². The van der Waals surface area contributed by atoms with E-state index in [1.54, 1.807) is 13.1 Å². The maximum absolute atomic E-state index is 13.3. The van der Waals surface area contributed by atoms with Crippen molar-refractivity contribution in [2.75, 3.05) is 24.8 Å². The molecule has 2 aromatic rings. The van der Waals surface area contributed by atoms with Gasteiger partial charge in [-0.15, -0.1) is 0 Å². The van der Waals surface area contributed by atoms with Crippen molar-refractivity contribution < 1.29 is 17.9 Å². The van der Waals surface area contributed by atoms with E-state index < -0.39 is 11.7 Å². The number of aryl methyl sites for hydroxylation is 1. The Balaban J connectivity index is 2.09. The van der Waals surface area contributed by atoms with Gasteiger partial charge in [-0.3, -0.25) is 0 Å². The van der Waals surface area contributed by atoms with Gasteiger partial charge in [-0.05, 0) is 48.6 Å². The Hall–Kier alpha value is -2.44. The average Bonchev–Trinajstić information content (AvgIpc) is 2.65. The third-order valence-corrected chi connectivity index (χ3v) is 4.97. The number of ether oxygens (including phenoxy) is 1. The number of hydrogen-bond acceptors (Lipinski definition) is 4. The minimum absolute atomic E-state index is 0.323. The van der Waals surface area contributed by atoms with Crippen LogP contribution in [-0.4, -0.2) is 25.2 Å². The van der Waals surface area contributed by atoms with Gasteiger partial charge in [0.1, 0.15) is 5.69 Å². The predicted molar refractivity (Wildman–Crippen MR) is 101 cm³/mol. The molecule has 0 amide bonds. The van der Waals surface area contributed by atoms with Gasteiger partial charge in [-0.2, -0.15) is 13.2 Å². The summed E-state index contributed by atoms with van der Waals surface area (Å²) in [5.41, 5.74) is 2.40. The molecule has 1 aromatic heterocycles. The fraction of sp³-hybridized carbons (Fsp3) is 0.450. The van der Waals surface area contributed by atoms with Crippen LogP contribution >= 0.6 is 0 Å². The number of aromatic nitrogens is 1. The number of hydrogen-bond donors (Lipinski definition) is 2. The lowest BCUT2D eigenvalue weighted by Gasteiger charge is -2.30. The van der Waals surface area contributed by atoms with Crippen LogP contribution in [0, 0.1) is 5.92 Å². The number of nitrogens with one attached hydrogen (secondary N) is 2. The number of rotatable bonds is 4. The van der Waals surface area contributed by atoms with E-state index in [4.69, 9.17) is 4.74 Å². The Morgan fingerprint density at radius 1 is 1.22 bits per heavy atom. The normalized spacial score (nSPS) is 16.7. The standard InChI is InChI=1S/C20H24F3N3O/c1-11(2)16-6-5-12-9-17(26-19(27-4)18(12)25-16)13-7-14(20(21,22)23)10-15(8-13)24-3/h7-11,16,24-25H,5-6H2,1-4H3. The van der Waals surface area contributed by atoms with Crippen LogP contribution in [0.4, 0.5) is 24.5 Å². The summed E-state index contributed by atoms with van der Waals surface area (Å²) in [6.07, 6.45) is -2.64. The first-order valence-corrected chi connectivity index (χ1v) is 8.97. The number of pyridine rings is 1. The van der Waals surface area contributed by atoms with Gasteiger partial charge < -0.3 is 15.4 Å². The van der Waals surface area contributed by atoms with Gasteiger partial charge in [-0.25, -0.2) is 4.98 Å². The maximum Gasteiger partial charge on any atom is 0.416 e. The summed E-state index contributed by atoms with van der Waals surface area (Å²) < 4.78 is 45.2. The first-order chi connectivity index (χ1) is 12.7. The molecule has 4 nitrogen and oxygen atoms in total. The highest BCUT2D eigenvalue weighted by molar-refractivity contribution is 5.72. The quantitative estimate of drug-likeness (QED) is 0.766. The van der Waals surface area contributed by atoms with Gasteiger partial charge >= 0.3 is 6.18 Å². The van der Waals surface area contributed by atoms with Crippen molar-refractivity contribution >= 4 is 11.4 Å². The molecule has 1 aliphatic heterocycles. The molecule has 2 heterocycles. The highest BCUT2D eigenvalue weighted by Gasteiger charge is 2.32. The van der Waals surface area contributed by atoms with E-state index in [0.29, 0.717) is 34.8 Å². The summed E-state index contributed by atoms with van der Waals surface area (Å²) in [5, 5.41) is 6.26.